The molecule has 1 N–H and O–H groups in total. The second kappa shape index (κ2) is 5.42. The Morgan fingerprint density at radius 2 is 2.33 bits per heavy atom. The molecule has 0 saturated carbocycles. The van der Waals surface area contributed by atoms with Crippen molar-refractivity contribution in [2.75, 3.05) is 25.0 Å². The van der Waals surface area contributed by atoms with Gasteiger partial charge in [-0.3, -0.25) is 0 Å². The quantitative estimate of drug-likeness (QED) is 0.850. The van der Waals surface area contributed by atoms with Crippen LogP contribution in [0.25, 0.3) is 0 Å². The maximum atomic E-state index is 3.85. The zero-order valence-corrected chi connectivity index (χ0v) is 9.96. The van der Waals surface area contributed by atoms with Gasteiger partial charge in [-0.2, -0.15) is 0 Å². The third-order valence-corrected chi connectivity index (χ3v) is 3.43. The molecule has 1 fully saturated rings. The summed E-state index contributed by atoms with van der Waals surface area (Å²) in [6.07, 6.45) is 5.54. The van der Waals surface area contributed by atoms with Gasteiger partial charge in [-0.1, -0.05) is 11.4 Å². The third kappa shape index (κ3) is 3.14. The lowest BCUT2D eigenvalue weighted by Crippen LogP contribution is -2.39. The van der Waals surface area contributed by atoms with E-state index < -0.39 is 0 Å². The van der Waals surface area contributed by atoms with E-state index in [0.29, 0.717) is 6.04 Å². The van der Waals surface area contributed by atoms with Crippen LogP contribution in [0.3, 0.4) is 0 Å². The Bertz CT molecular complexity index is 267. The van der Waals surface area contributed by atoms with Gasteiger partial charge in [-0.05, 0) is 25.8 Å². The maximum absolute atomic E-state index is 3.85. The number of hydrogen-bond donors (Lipinski definition) is 1. The molecule has 2 heterocycles. The first-order chi connectivity index (χ1) is 7.38. The number of aromatic nitrogens is 2. The molecule has 0 amide bonds. The first-order valence-electron chi connectivity index (χ1n) is 5.64. The lowest BCUT2D eigenvalue weighted by Gasteiger charge is -2.32. The lowest BCUT2D eigenvalue weighted by atomic mass is 10.1. The van der Waals surface area contributed by atoms with Crippen molar-refractivity contribution in [2.24, 2.45) is 0 Å². The SMILES string of the molecule is CCCN1CCC(Nc2cnns2)CC1. The molecule has 1 saturated heterocycles. The number of piperidine rings is 1. The van der Waals surface area contributed by atoms with E-state index in [9.17, 15) is 0 Å². The number of rotatable bonds is 4. The van der Waals surface area contributed by atoms with E-state index in [-0.39, 0.29) is 0 Å². The lowest BCUT2D eigenvalue weighted by molar-refractivity contribution is 0.219. The second-order valence-corrected chi connectivity index (χ2v) is 4.83. The molecular formula is C10H18N4S. The minimum Gasteiger partial charge on any atom is -0.372 e. The zero-order chi connectivity index (χ0) is 10.5. The van der Waals surface area contributed by atoms with Crippen molar-refractivity contribution in [2.45, 2.75) is 32.2 Å². The predicted molar refractivity (Wildman–Crippen MR) is 63.3 cm³/mol. The van der Waals surface area contributed by atoms with Crippen LogP contribution in [0, 0.1) is 0 Å². The standard InChI is InChI=1S/C10H18N4S/c1-2-5-14-6-3-9(4-7-14)12-10-8-11-13-15-10/h8-9,12H,2-7H2,1H3. The minimum absolute atomic E-state index is 0.611. The first kappa shape index (κ1) is 10.8. The fraction of sp³-hybridized carbons (Fsp3) is 0.800. The minimum atomic E-state index is 0.611. The molecule has 0 aromatic carbocycles. The first-order valence-corrected chi connectivity index (χ1v) is 6.42. The van der Waals surface area contributed by atoms with Gasteiger partial charge in [-0.15, -0.1) is 5.10 Å². The summed E-state index contributed by atoms with van der Waals surface area (Å²) in [6, 6.07) is 0.611. The topological polar surface area (TPSA) is 41.0 Å². The van der Waals surface area contributed by atoms with Crippen LogP contribution >= 0.6 is 11.5 Å². The molecule has 0 atom stereocenters. The smallest absolute Gasteiger partial charge is 0.130 e. The Kier molecular flexibility index (Phi) is 3.91. The maximum Gasteiger partial charge on any atom is 0.130 e. The molecule has 5 heteroatoms. The highest BCUT2D eigenvalue weighted by Gasteiger charge is 2.18. The van der Waals surface area contributed by atoms with Crippen molar-refractivity contribution in [1.82, 2.24) is 14.5 Å². The molecule has 84 valence electrons. The third-order valence-electron chi connectivity index (χ3n) is 2.84. The van der Waals surface area contributed by atoms with E-state index in [0.717, 1.165) is 5.00 Å². The number of nitrogens with one attached hydrogen (secondary N) is 1. The molecule has 1 aliphatic rings. The van der Waals surface area contributed by atoms with Crippen LogP contribution in [-0.2, 0) is 0 Å². The molecule has 4 nitrogen and oxygen atoms in total. The molecule has 2 rings (SSSR count). The molecule has 1 aliphatic heterocycles. The number of nitrogens with zero attached hydrogens (tertiary/aromatic N) is 3. The van der Waals surface area contributed by atoms with Crippen molar-refractivity contribution < 1.29 is 0 Å². The van der Waals surface area contributed by atoms with Crippen LogP contribution in [0.2, 0.25) is 0 Å². The Balaban J connectivity index is 1.74. The van der Waals surface area contributed by atoms with Crippen LogP contribution in [0.4, 0.5) is 5.00 Å². The van der Waals surface area contributed by atoms with E-state index in [1.807, 2.05) is 6.20 Å². The van der Waals surface area contributed by atoms with Gasteiger partial charge in [0, 0.05) is 30.7 Å². The Morgan fingerprint density at radius 1 is 1.53 bits per heavy atom. The van der Waals surface area contributed by atoms with Gasteiger partial charge >= 0.3 is 0 Å². The monoisotopic (exact) mass is 226 g/mol. The van der Waals surface area contributed by atoms with Crippen LogP contribution < -0.4 is 5.32 Å². The summed E-state index contributed by atoms with van der Waals surface area (Å²) in [5.41, 5.74) is 0. The summed E-state index contributed by atoms with van der Waals surface area (Å²) < 4.78 is 3.85. The average Bonchev–Trinajstić information content (AvgIpc) is 2.74. The van der Waals surface area contributed by atoms with Gasteiger partial charge in [0.25, 0.3) is 0 Å². The van der Waals surface area contributed by atoms with Crippen molar-refractivity contribution >= 4 is 16.5 Å². The van der Waals surface area contributed by atoms with Crippen LogP contribution in [-0.4, -0.2) is 40.2 Å². The summed E-state index contributed by atoms with van der Waals surface area (Å²) in [7, 11) is 0. The van der Waals surface area contributed by atoms with E-state index in [1.54, 1.807) is 0 Å². The molecule has 0 bridgehead atoms. The highest BCUT2D eigenvalue weighted by Crippen LogP contribution is 2.17. The van der Waals surface area contributed by atoms with Gasteiger partial charge in [-0.25, -0.2) is 0 Å². The Hall–Kier alpha value is -0.680. The van der Waals surface area contributed by atoms with Crippen LogP contribution in [0.15, 0.2) is 6.20 Å². The van der Waals surface area contributed by atoms with Crippen molar-refractivity contribution in [3.8, 4) is 0 Å². The summed E-state index contributed by atoms with van der Waals surface area (Å²) >= 11 is 1.44. The van der Waals surface area contributed by atoms with Gasteiger partial charge < -0.3 is 10.2 Å². The van der Waals surface area contributed by atoms with E-state index in [1.165, 1.54) is 50.4 Å². The molecule has 15 heavy (non-hydrogen) atoms. The van der Waals surface area contributed by atoms with Crippen LogP contribution in [0.1, 0.15) is 26.2 Å². The molecular weight excluding hydrogens is 208 g/mol. The van der Waals surface area contributed by atoms with Gasteiger partial charge in [0.2, 0.25) is 0 Å². The molecule has 1 aromatic rings. The molecule has 0 spiro atoms. The van der Waals surface area contributed by atoms with E-state index in [2.05, 4.69) is 26.7 Å². The molecule has 0 aliphatic carbocycles. The Morgan fingerprint density at radius 3 is 2.93 bits per heavy atom. The predicted octanol–water partition coefficient (Wildman–Crippen LogP) is 1.82. The number of likely N-dealkylation sites (tertiary alicyclic amines) is 1. The fourth-order valence-electron chi connectivity index (χ4n) is 2.05. The van der Waals surface area contributed by atoms with Gasteiger partial charge in [0.1, 0.15) is 5.00 Å². The number of hydrogen-bond acceptors (Lipinski definition) is 5. The highest BCUT2D eigenvalue weighted by molar-refractivity contribution is 7.09. The van der Waals surface area contributed by atoms with Gasteiger partial charge in [0.15, 0.2) is 0 Å². The van der Waals surface area contributed by atoms with Crippen molar-refractivity contribution in [1.29, 1.82) is 0 Å². The summed E-state index contributed by atoms with van der Waals surface area (Å²) in [5, 5.41) is 8.42. The molecule has 0 unspecified atom stereocenters. The van der Waals surface area contributed by atoms with Crippen molar-refractivity contribution in [3.63, 3.8) is 0 Å². The highest BCUT2D eigenvalue weighted by atomic mass is 32.1. The number of anilines is 1. The normalized spacial score (nSPS) is 19.3. The second-order valence-electron chi connectivity index (χ2n) is 4.04. The van der Waals surface area contributed by atoms with Crippen LogP contribution in [0.5, 0.6) is 0 Å². The van der Waals surface area contributed by atoms with Gasteiger partial charge in [0.05, 0.1) is 6.20 Å². The van der Waals surface area contributed by atoms with E-state index >= 15 is 0 Å². The summed E-state index contributed by atoms with van der Waals surface area (Å²) in [4.78, 5) is 2.54. The van der Waals surface area contributed by atoms with E-state index in [4.69, 9.17) is 0 Å². The van der Waals surface area contributed by atoms with Crippen molar-refractivity contribution in [3.05, 3.63) is 6.20 Å². The summed E-state index contributed by atoms with van der Waals surface area (Å²) in [5.74, 6) is 0. The molecule has 0 radical (unpaired) electrons. The molecule has 1 aromatic heterocycles. The zero-order valence-electron chi connectivity index (χ0n) is 9.15. The summed E-state index contributed by atoms with van der Waals surface area (Å²) in [6.45, 7) is 5.93. The Labute approximate surface area is 94.8 Å². The average molecular weight is 226 g/mol. The largest absolute Gasteiger partial charge is 0.372 e. The fourth-order valence-corrected chi connectivity index (χ4v) is 2.54.